The second kappa shape index (κ2) is 8.41. The minimum Gasteiger partial charge on any atom is -0.497 e. The maximum Gasteiger partial charge on any atom is 0.326 e. The van der Waals surface area contributed by atoms with Gasteiger partial charge in [-0.05, 0) is 30.6 Å². The molecular formula is C14H19NO5S. The molecule has 1 atom stereocenters. The van der Waals surface area contributed by atoms with E-state index in [2.05, 4.69) is 5.32 Å². The van der Waals surface area contributed by atoms with Crippen molar-refractivity contribution in [1.82, 2.24) is 5.32 Å². The van der Waals surface area contributed by atoms with E-state index >= 15 is 0 Å². The van der Waals surface area contributed by atoms with Crippen molar-refractivity contribution in [2.45, 2.75) is 12.5 Å². The summed E-state index contributed by atoms with van der Waals surface area (Å²) in [5, 5.41) is 11.6. The van der Waals surface area contributed by atoms with Crippen molar-refractivity contribution in [3.05, 3.63) is 23.8 Å². The van der Waals surface area contributed by atoms with Gasteiger partial charge in [-0.2, -0.15) is 11.8 Å². The average Bonchev–Trinajstić information content (AvgIpc) is 2.50. The van der Waals surface area contributed by atoms with Crippen LogP contribution < -0.4 is 14.8 Å². The third-order valence-electron chi connectivity index (χ3n) is 2.87. The molecule has 21 heavy (non-hydrogen) atoms. The zero-order chi connectivity index (χ0) is 15.8. The Morgan fingerprint density at radius 3 is 2.57 bits per heavy atom. The first kappa shape index (κ1) is 17.2. The molecule has 2 N–H and O–H groups in total. The summed E-state index contributed by atoms with van der Waals surface area (Å²) < 4.78 is 10.2. The van der Waals surface area contributed by atoms with Gasteiger partial charge >= 0.3 is 5.97 Å². The molecule has 1 aromatic rings. The quantitative estimate of drug-likeness (QED) is 0.759. The SMILES string of the molecule is COc1ccc(C(=O)NC(CCSC)C(=O)O)c(OC)c1. The molecular weight excluding hydrogens is 294 g/mol. The molecule has 6 nitrogen and oxygen atoms in total. The predicted octanol–water partition coefficient (Wildman–Crippen LogP) is 1.64. The van der Waals surface area contributed by atoms with E-state index < -0.39 is 17.9 Å². The molecule has 0 heterocycles. The lowest BCUT2D eigenvalue weighted by atomic mass is 10.1. The second-order valence-electron chi connectivity index (χ2n) is 4.21. The third-order valence-corrected chi connectivity index (χ3v) is 3.51. The zero-order valence-electron chi connectivity index (χ0n) is 12.2. The minimum absolute atomic E-state index is 0.272. The molecule has 116 valence electrons. The minimum atomic E-state index is -1.05. The van der Waals surface area contributed by atoms with Crippen LogP contribution >= 0.6 is 11.8 Å². The lowest BCUT2D eigenvalue weighted by molar-refractivity contribution is -0.139. The number of ether oxygens (including phenoxy) is 2. The van der Waals surface area contributed by atoms with Crippen LogP contribution in [0.5, 0.6) is 11.5 Å². The van der Waals surface area contributed by atoms with Crippen molar-refractivity contribution < 1.29 is 24.2 Å². The number of hydrogen-bond donors (Lipinski definition) is 2. The zero-order valence-corrected chi connectivity index (χ0v) is 13.0. The highest BCUT2D eigenvalue weighted by atomic mass is 32.2. The highest BCUT2D eigenvalue weighted by Gasteiger charge is 2.22. The Balaban J connectivity index is 2.89. The number of carbonyl (C=O) groups is 2. The molecule has 0 saturated carbocycles. The molecule has 1 aromatic carbocycles. The number of benzene rings is 1. The molecule has 0 bridgehead atoms. The number of amides is 1. The van der Waals surface area contributed by atoms with Crippen molar-refractivity contribution in [2.24, 2.45) is 0 Å². The Kier molecular flexibility index (Phi) is 6.87. The molecule has 1 amide bonds. The summed E-state index contributed by atoms with van der Waals surface area (Å²) >= 11 is 1.53. The number of carboxylic acid groups (broad SMARTS) is 1. The fourth-order valence-electron chi connectivity index (χ4n) is 1.72. The number of carbonyl (C=O) groups excluding carboxylic acids is 1. The Morgan fingerprint density at radius 1 is 1.33 bits per heavy atom. The summed E-state index contributed by atoms with van der Waals surface area (Å²) in [6, 6.07) is 3.82. The van der Waals surface area contributed by atoms with Crippen LogP contribution in [0.15, 0.2) is 18.2 Å². The summed E-state index contributed by atoms with van der Waals surface area (Å²) in [4.78, 5) is 23.4. The summed E-state index contributed by atoms with van der Waals surface area (Å²) in [6.45, 7) is 0. The smallest absolute Gasteiger partial charge is 0.326 e. The molecule has 1 unspecified atom stereocenters. The van der Waals surface area contributed by atoms with Crippen LogP contribution in [-0.4, -0.2) is 49.3 Å². The van der Waals surface area contributed by atoms with Gasteiger partial charge in [-0.25, -0.2) is 4.79 Å². The maximum atomic E-state index is 12.2. The van der Waals surface area contributed by atoms with Gasteiger partial charge in [-0.3, -0.25) is 4.79 Å². The highest BCUT2D eigenvalue weighted by Crippen LogP contribution is 2.24. The fraction of sp³-hybridized carbons (Fsp3) is 0.429. The molecule has 0 radical (unpaired) electrons. The third kappa shape index (κ3) is 4.86. The van der Waals surface area contributed by atoms with Crippen LogP contribution in [0.1, 0.15) is 16.8 Å². The van der Waals surface area contributed by atoms with Crippen molar-refractivity contribution in [3.63, 3.8) is 0 Å². The maximum absolute atomic E-state index is 12.2. The van der Waals surface area contributed by atoms with E-state index in [0.717, 1.165) is 0 Å². The van der Waals surface area contributed by atoms with E-state index in [9.17, 15) is 9.59 Å². The number of methoxy groups -OCH3 is 2. The molecule has 7 heteroatoms. The van der Waals surface area contributed by atoms with Crippen LogP contribution in [0, 0.1) is 0 Å². The van der Waals surface area contributed by atoms with E-state index in [1.807, 2.05) is 6.26 Å². The van der Waals surface area contributed by atoms with Crippen LogP contribution in [-0.2, 0) is 4.79 Å². The Labute approximate surface area is 127 Å². The van der Waals surface area contributed by atoms with Crippen LogP contribution in [0.3, 0.4) is 0 Å². The Morgan fingerprint density at radius 2 is 2.05 bits per heavy atom. The van der Waals surface area contributed by atoms with Crippen LogP contribution in [0.2, 0.25) is 0 Å². The van der Waals surface area contributed by atoms with Gasteiger partial charge in [0.15, 0.2) is 0 Å². The number of aliphatic carboxylic acids is 1. The van der Waals surface area contributed by atoms with Gasteiger partial charge in [0.25, 0.3) is 5.91 Å². The van der Waals surface area contributed by atoms with Crippen molar-refractivity contribution in [3.8, 4) is 11.5 Å². The monoisotopic (exact) mass is 313 g/mol. The average molecular weight is 313 g/mol. The number of carboxylic acids is 1. The van der Waals surface area contributed by atoms with Gasteiger partial charge in [0.2, 0.25) is 0 Å². The summed E-state index contributed by atoms with van der Waals surface area (Å²) in [6.07, 6.45) is 2.24. The number of nitrogens with one attached hydrogen (secondary N) is 1. The normalized spacial score (nSPS) is 11.6. The van der Waals surface area contributed by atoms with Crippen LogP contribution in [0.4, 0.5) is 0 Å². The first-order chi connectivity index (χ1) is 10.0. The van der Waals surface area contributed by atoms with Gasteiger partial charge in [0.05, 0.1) is 19.8 Å². The van der Waals surface area contributed by atoms with Crippen LogP contribution in [0.25, 0.3) is 0 Å². The Bertz CT molecular complexity index is 506. The van der Waals surface area contributed by atoms with Gasteiger partial charge in [0.1, 0.15) is 17.5 Å². The highest BCUT2D eigenvalue weighted by molar-refractivity contribution is 7.98. The largest absolute Gasteiger partial charge is 0.497 e. The molecule has 0 aromatic heterocycles. The van der Waals surface area contributed by atoms with E-state index in [0.29, 0.717) is 23.7 Å². The standard InChI is InChI=1S/C14H19NO5S/c1-19-9-4-5-10(12(8-9)20-2)13(16)15-11(14(17)18)6-7-21-3/h4-5,8,11H,6-7H2,1-3H3,(H,15,16)(H,17,18). The van der Waals surface area contributed by atoms with Gasteiger partial charge < -0.3 is 19.9 Å². The van der Waals surface area contributed by atoms with E-state index in [4.69, 9.17) is 14.6 Å². The molecule has 1 rings (SSSR count). The second-order valence-corrected chi connectivity index (χ2v) is 5.20. The molecule has 0 aliphatic heterocycles. The van der Waals surface area contributed by atoms with Crippen molar-refractivity contribution >= 4 is 23.6 Å². The molecule has 0 saturated heterocycles. The Hall–Kier alpha value is -1.89. The van der Waals surface area contributed by atoms with Crippen molar-refractivity contribution in [1.29, 1.82) is 0 Å². The predicted molar refractivity (Wildman–Crippen MR) is 81.4 cm³/mol. The number of thioether (sulfide) groups is 1. The van der Waals surface area contributed by atoms with E-state index in [1.54, 1.807) is 18.2 Å². The molecule has 0 aliphatic carbocycles. The number of rotatable bonds is 8. The molecule has 0 spiro atoms. The topological polar surface area (TPSA) is 84.9 Å². The first-order valence-corrected chi connectivity index (χ1v) is 7.67. The summed E-state index contributed by atoms with van der Waals surface area (Å²) in [5.74, 6) is 0.00564. The first-order valence-electron chi connectivity index (χ1n) is 6.28. The van der Waals surface area contributed by atoms with E-state index in [1.165, 1.54) is 26.0 Å². The van der Waals surface area contributed by atoms with Gasteiger partial charge in [-0.1, -0.05) is 0 Å². The summed E-state index contributed by atoms with van der Waals surface area (Å²) in [5.41, 5.74) is 0.272. The molecule has 0 fully saturated rings. The van der Waals surface area contributed by atoms with Crippen molar-refractivity contribution in [2.75, 3.05) is 26.2 Å². The van der Waals surface area contributed by atoms with E-state index in [-0.39, 0.29) is 5.56 Å². The lowest BCUT2D eigenvalue weighted by Gasteiger charge is -2.15. The fourth-order valence-corrected chi connectivity index (χ4v) is 2.19. The molecule has 0 aliphatic rings. The van der Waals surface area contributed by atoms with Gasteiger partial charge in [-0.15, -0.1) is 0 Å². The summed E-state index contributed by atoms with van der Waals surface area (Å²) in [7, 11) is 2.95. The number of hydrogen-bond acceptors (Lipinski definition) is 5. The lowest BCUT2D eigenvalue weighted by Crippen LogP contribution is -2.41. The van der Waals surface area contributed by atoms with Gasteiger partial charge in [0, 0.05) is 6.07 Å².